The van der Waals surface area contributed by atoms with Crippen LogP contribution in [0.15, 0.2) is 41.4 Å². The maximum atomic E-state index is 14.2. The Morgan fingerprint density at radius 1 is 1.27 bits per heavy atom. The van der Waals surface area contributed by atoms with Crippen LogP contribution >= 0.6 is 0 Å². The smallest absolute Gasteiger partial charge is 0.423 e. The number of sulfonamides is 1. The van der Waals surface area contributed by atoms with Crippen molar-refractivity contribution in [2.24, 2.45) is 0 Å². The van der Waals surface area contributed by atoms with E-state index in [1.807, 2.05) is 0 Å². The van der Waals surface area contributed by atoms with Gasteiger partial charge >= 0.3 is 7.12 Å². The van der Waals surface area contributed by atoms with Crippen molar-refractivity contribution in [3.05, 3.63) is 53.9 Å². The molecule has 0 bridgehead atoms. The average Bonchev–Trinajstić information content (AvgIpc) is 3.09. The molecular formula is C17H17BF3N3O5S. The molecule has 1 saturated heterocycles. The Hall–Kier alpha value is -2.48. The summed E-state index contributed by atoms with van der Waals surface area (Å²) >= 11 is 0. The van der Waals surface area contributed by atoms with Crippen LogP contribution in [0, 0.1) is 11.6 Å². The summed E-state index contributed by atoms with van der Waals surface area (Å²) < 4.78 is 67.5. The van der Waals surface area contributed by atoms with Crippen LogP contribution in [0.5, 0.6) is 0 Å². The molecule has 1 aliphatic rings. The summed E-state index contributed by atoms with van der Waals surface area (Å²) in [5, 5.41) is 18.4. The van der Waals surface area contributed by atoms with Crippen LogP contribution in [0.1, 0.15) is 12.1 Å². The molecule has 0 spiro atoms. The lowest BCUT2D eigenvalue weighted by molar-refractivity contribution is -0.122. The van der Waals surface area contributed by atoms with Gasteiger partial charge in [-0.05, 0) is 30.3 Å². The van der Waals surface area contributed by atoms with Crippen LogP contribution in [0.4, 0.5) is 13.2 Å². The minimum atomic E-state index is -4.25. The van der Waals surface area contributed by atoms with Crippen LogP contribution in [0.25, 0.3) is 0 Å². The second kappa shape index (κ2) is 8.72. The molecule has 13 heteroatoms. The predicted octanol–water partition coefficient (Wildman–Crippen LogP) is -0.243. The van der Waals surface area contributed by atoms with Gasteiger partial charge in [-0.15, -0.1) is 0 Å². The third-order valence-corrected chi connectivity index (χ3v) is 6.56. The second-order valence-electron chi connectivity index (χ2n) is 6.69. The van der Waals surface area contributed by atoms with Gasteiger partial charge in [0.1, 0.15) is 24.0 Å². The van der Waals surface area contributed by atoms with Crippen LogP contribution in [-0.2, 0) is 21.4 Å². The van der Waals surface area contributed by atoms with E-state index in [4.69, 9.17) is 0 Å². The predicted molar refractivity (Wildman–Crippen MR) is 99.2 cm³/mol. The molecule has 0 saturated carbocycles. The molecule has 160 valence electrons. The largest absolute Gasteiger partial charge is 0.491 e. The number of carbonyl (C=O) groups is 1. The number of amides is 1. The first-order valence-corrected chi connectivity index (χ1v) is 10.2. The summed E-state index contributed by atoms with van der Waals surface area (Å²) in [7, 11) is -6.36. The lowest BCUT2D eigenvalue weighted by Gasteiger charge is -2.31. The fourth-order valence-electron chi connectivity index (χ4n) is 3.22. The molecule has 2 heterocycles. The third-order valence-electron chi connectivity index (χ3n) is 4.68. The molecule has 30 heavy (non-hydrogen) atoms. The van der Waals surface area contributed by atoms with Gasteiger partial charge in [0.15, 0.2) is 0 Å². The van der Waals surface area contributed by atoms with Crippen molar-refractivity contribution in [1.82, 2.24) is 14.2 Å². The number of pyridine rings is 1. The fraction of sp³-hybridized carbons (Fsp3) is 0.294. The van der Waals surface area contributed by atoms with Crippen molar-refractivity contribution in [3.8, 4) is 0 Å². The van der Waals surface area contributed by atoms with Gasteiger partial charge in [0.25, 0.3) is 0 Å². The topological polar surface area (TPSA) is 111 Å². The maximum absolute atomic E-state index is 14.2. The van der Waals surface area contributed by atoms with Gasteiger partial charge in [0.05, 0.1) is 23.3 Å². The zero-order valence-electron chi connectivity index (χ0n) is 15.4. The van der Waals surface area contributed by atoms with E-state index in [1.54, 1.807) is 0 Å². The number of nitrogens with zero attached hydrogens (tertiary/aromatic N) is 3. The number of benzene rings is 1. The van der Waals surface area contributed by atoms with E-state index in [2.05, 4.69) is 4.98 Å². The molecule has 1 aromatic carbocycles. The van der Waals surface area contributed by atoms with Crippen LogP contribution < -0.4 is 5.46 Å². The quantitative estimate of drug-likeness (QED) is 0.452. The first-order chi connectivity index (χ1) is 14.1. The fourth-order valence-corrected chi connectivity index (χ4v) is 4.86. The van der Waals surface area contributed by atoms with Crippen molar-refractivity contribution in [1.29, 1.82) is 0 Å². The minimum Gasteiger partial charge on any atom is -0.423 e. The second-order valence-corrected chi connectivity index (χ2v) is 8.58. The summed E-state index contributed by atoms with van der Waals surface area (Å²) in [4.78, 5) is 16.1. The van der Waals surface area contributed by atoms with Gasteiger partial charge in [-0.25, -0.2) is 21.6 Å². The lowest BCUT2D eigenvalue weighted by Crippen LogP contribution is -2.46. The van der Waals surface area contributed by atoms with E-state index in [-0.39, 0.29) is 23.6 Å². The van der Waals surface area contributed by atoms with Crippen molar-refractivity contribution >= 4 is 29.0 Å². The molecule has 2 atom stereocenters. The number of rotatable bonds is 7. The van der Waals surface area contributed by atoms with E-state index in [0.717, 1.165) is 45.7 Å². The van der Waals surface area contributed by atoms with Gasteiger partial charge in [-0.1, -0.05) is 0 Å². The maximum Gasteiger partial charge on any atom is 0.491 e. The number of carbonyl (C=O) groups excluding carboxylic acids is 1. The standard InChI is InChI=1S/C17H17BF3N3O5S/c19-11-1-3-14(4-2-11)30(28,29)24-8-12(20)5-17(24)23(10-25)9-13-6-15(18(26)27)16(21)7-22-13/h1-4,6-7,10,12,17,26-27H,5,8-9H2/t12-,17+/m1/s1. The molecule has 1 fully saturated rings. The molecule has 2 aromatic rings. The highest BCUT2D eigenvalue weighted by Crippen LogP contribution is 2.30. The Morgan fingerprint density at radius 3 is 2.53 bits per heavy atom. The molecule has 0 aliphatic carbocycles. The van der Waals surface area contributed by atoms with E-state index in [0.29, 0.717) is 6.41 Å². The number of halogens is 3. The van der Waals surface area contributed by atoms with Gasteiger partial charge in [0, 0.05) is 18.4 Å². The first kappa shape index (κ1) is 22.2. The van der Waals surface area contributed by atoms with Crippen molar-refractivity contribution in [3.63, 3.8) is 0 Å². The SMILES string of the molecule is O=CN(Cc1cc(B(O)O)c(F)cn1)[C@@H]1C[C@@H](F)CN1S(=O)(=O)c1ccc(F)cc1. The molecule has 3 rings (SSSR count). The van der Waals surface area contributed by atoms with Crippen LogP contribution in [0.2, 0.25) is 0 Å². The molecule has 0 radical (unpaired) electrons. The van der Waals surface area contributed by atoms with E-state index in [1.165, 1.54) is 0 Å². The number of hydrogen-bond donors (Lipinski definition) is 2. The molecular weight excluding hydrogens is 426 g/mol. The Bertz CT molecular complexity index is 1030. The lowest BCUT2D eigenvalue weighted by atomic mass is 9.80. The van der Waals surface area contributed by atoms with Crippen molar-refractivity contribution in [2.75, 3.05) is 6.54 Å². The molecule has 1 amide bonds. The monoisotopic (exact) mass is 443 g/mol. The highest BCUT2D eigenvalue weighted by atomic mass is 32.2. The summed E-state index contributed by atoms with van der Waals surface area (Å²) in [5.41, 5.74) is -0.440. The molecule has 1 aromatic heterocycles. The minimum absolute atomic E-state index is 0.0352. The Kier molecular flexibility index (Phi) is 6.46. The highest BCUT2D eigenvalue weighted by Gasteiger charge is 2.43. The third kappa shape index (κ3) is 4.48. The van der Waals surface area contributed by atoms with E-state index in [9.17, 15) is 36.4 Å². The van der Waals surface area contributed by atoms with Crippen LogP contribution in [0.3, 0.4) is 0 Å². The zero-order valence-corrected chi connectivity index (χ0v) is 16.2. The normalized spacial score (nSPS) is 19.6. The van der Waals surface area contributed by atoms with Crippen molar-refractivity contribution in [2.45, 2.75) is 30.2 Å². The first-order valence-electron chi connectivity index (χ1n) is 8.76. The van der Waals surface area contributed by atoms with Gasteiger partial charge in [0.2, 0.25) is 16.4 Å². The Balaban J connectivity index is 1.90. The van der Waals surface area contributed by atoms with Crippen LogP contribution in [-0.4, -0.2) is 65.1 Å². The van der Waals surface area contributed by atoms with E-state index >= 15 is 0 Å². The Morgan fingerprint density at radius 2 is 1.93 bits per heavy atom. The number of alkyl halides is 1. The van der Waals surface area contributed by atoms with Gasteiger partial charge in [-0.3, -0.25) is 9.78 Å². The number of aromatic nitrogens is 1. The van der Waals surface area contributed by atoms with Crippen molar-refractivity contribution < 1.29 is 36.4 Å². The summed E-state index contributed by atoms with van der Waals surface area (Å²) in [5.74, 6) is -1.62. The number of hydrogen-bond acceptors (Lipinski definition) is 6. The summed E-state index contributed by atoms with van der Waals surface area (Å²) in [6, 6.07) is 4.99. The molecule has 2 N–H and O–H groups in total. The molecule has 8 nitrogen and oxygen atoms in total. The molecule has 0 unspecified atom stereocenters. The van der Waals surface area contributed by atoms with Gasteiger partial charge < -0.3 is 14.9 Å². The Labute approximate surface area is 170 Å². The molecule has 1 aliphatic heterocycles. The van der Waals surface area contributed by atoms with Gasteiger partial charge in [-0.2, -0.15) is 4.31 Å². The van der Waals surface area contributed by atoms with E-state index < -0.39 is 53.1 Å². The summed E-state index contributed by atoms with van der Waals surface area (Å²) in [6.07, 6.45) is -2.04. The highest BCUT2D eigenvalue weighted by molar-refractivity contribution is 7.89. The summed E-state index contributed by atoms with van der Waals surface area (Å²) in [6.45, 7) is -0.845. The zero-order chi connectivity index (χ0) is 22.1. The average molecular weight is 443 g/mol.